The summed E-state index contributed by atoms with van der Waals surface area (Å²) in [5, 5.41) is 3.16. The van der Waals surface area contributed by atoms with Crippen LogP contribution in [0.15, 0.2) is 23.2 Å². The molecule has 1 fully saturated rings. The second-order valence-corrected chi connectivity index (χ2v) is 6.99. The molecular formula is C19H29F3N4O. The zero-order valence-corrected chi connectivity index (χ0v) is 16.4. The predicted octanol–water partition coefficient (Wildman–Crippen LogP) is 2.75. The van der Waals surface area contributed by atoms with Crippen LogP contribution in [0.25, 0.3) is 0 Å². The topological polar surface area (TPSA) is 40.1 Å². The third-order valence-corrected chi connectivity index (χ3v) is 4.58. The van der Waals surface area contributed by atoms with Crippen LogP contribution in [0, 0.1) is 13.8 Å². The van der Waals surface area contributed by atoms with Crippen LogP contribution in [0.4, 0.5) is 13.2 Å². The van der Waals surface area contributed by atoms with E-state index in [1.54, 1.807) is 7.05 Å². The number of aliphatic imine (C=N–C) groups is 1. The Morgan fingerprint density at radius 2 is 2.11 bits per heavy atom. The lowest BCUT2D eigenvalue weighted by atomic mass is 10.00. The molecule has 0 spiro atoms. The number of guanidine groups is 1. The van der Waals surface area contributed by atoms with Crippen LogP contribution in [0.3, 0.4) is 0 Å². The maximum absolute atomic E-state index is 12.4. The summed E-state index contributed by atoms with van der Waals surface area (Å²) < 4.78 is 43.2. The van der Waals surface area contributed by atoms with Gasteiger partial charge in [-0.25, -0.2) is 0 Å². The molecule has 27 heavy (non-hydrogen) atoms. The minimum absolute atomic E-state index is 0.0502. The maximum Gasteiger partial charge on any atom is 0.401 e. The van der Waals surface area contributed by atoms with Gasteiger partial charge < -0.3 is 15.0 Å². The van der Waals surface area contributed by atoms with Crippen LogP contribution in [0.2, 0.25) is 0 Å². The molecule has 1 unspecified atom stereocenters. The summed E-state index contributed by atoms with van der Waals surface area (Å²) >= 11 is 0. The lowest BCUT2D eigenvalue weighted by Crippen LogP contribution is -2.49. The summed E-state index contributed by atoms with van der Waals surface area (Å²) in [4.78, 5) is 7.63. The summed E-state index contributed by atoms with van der Waals surface area (Å²) in [6.07, 6.45) is -4.23. The Balaban J connectivity index is 1.91. The highest BCUT2D eigenvalue weighted by atomic mass is 19.4. The molecule has 0 aromatic heterocycles. The number of benzene rings is 1. The van der Waals surface area contributed by atoms with Crippen molar-refractivity contribution in [3.05, 3.63) is 34.9 Å². The van der Waals surface area contributed by atoms with E-state index in [9.17, 15) is 13.2 Å². The molecule has 1 aromatic rings. The third kappa shape index (κ3) is 6.70. The van der Waals surface area contributed by atoms with E-state index in [2.05, 4.69) is 47.3 Å². The van der Waals surface area contributed by atoms with Gasteiger partial charge in [-0.2, -0.15) is 13.2 Å². The summed E-state index contributed by atoms with van der Waals surface area (Å²) in [6.45, 7) is 5.82. The van der Waals surface area contributed by atoms with Gasteiger partial charge >= 0.3 is 6.18 Å². The van der Waals surface area contributed by atoms with E-state index in [4.69, 9.17) is 4.74 Å². The van der Waals surface area contributed by atoms with Gasteiger partial charge in [-0.05, 0) is 32.0 Å². The van der Waals surface area contributed by atoms with E-state index in [0.29, 0.717) is 32.2 Å². The van der Waals surface area contributed by atoms with Crippen molar-refractivity contribution in [3.8, 4) is 0 Å². The molecular weight excluding hydrogens is 357 g/mol. The quantitative estimate of drug-likeness (QED) is 0.624. The Bertz CT molecular complexity index is 648. The number of aryl methyl sites for hydroxylation is 2. The Morgan fingerprint density at radius 3 is 2.74 bits per heavy atom. The number of hydrogen-bond donors (Lipinski definition) is 1. The van der Waals surface area contributed by atoms with Gasteiger partial charge in [0.1, 0.15) is 6.10 Å². The van der Waals surface area contributed by atoms with Crippen molar-refractivity contribution >= 4 is 5.96 Å². The zero-order chi connectivity index (χ0) is 20.0. The fourth-order valence-electron chi connectivity index (χ4n) is 3.29. The first-order valence-electron chi connectivity index (χ1n) is 9.09. The second-order valence-electron chi connectivity index (χ2n) is 6.99. The monoisotopic (exact) mass is 386 g/mol. The number of hydrogen-bond acceptors (Lipinski definition) is 3. The lowest BCUT2D eigenvalue weighted by Gasteiger charge is -2.36. The van der Waals surface area contributed by atoms with E-state index in [1.807, 2.05) is 0 Å². The van der Waals surface area contributed by atoms with Gasteiger partial charge in [0.15, 0.2) is 5.96 Å². The number of nitrogens with one attached hydrogen (secondary N) is 1. The molecule has 1 atom stereocenters. The number of nitrogens with zero attached hydrogens (tertiary/aromatic N) is 3. The van der Waals surface area contributed by atoms with Gasteiger partial charge in [0, 0.05) is 26.7 Å². The van der Waals surface area contributed by atoms with Gasteiger partial charge in [0.05, 0.1) is 19.7 Å². The van der Waals surface area contributed by atoms with E-state index in [0.717, 1.165) is 5.56 Å². The summed E-state index contributed by atoms with van der Waals surface area (Å²) in [7, 11) is 3.15. The number of halogens is 3. The van der Waals surface area contributed by atoms with Crippen molar-refractivity contribution in [3.63, 3.8) is 0 Å². The molecule has 0 bridgehead atoms. The van der Waals surface area contributed by atoms with Gasteiger partial charge in [-0.3, -0.25) is 9.89 Å². The minimum Gasteiger partial charge on any atom is -0.370 e. The van der Waals surface area contributed by atoms with Crippen LogP contribution in [0.1, 0.15) is 22.8 Å². The van der Waals surface area contributed by atoms with Gasteiger partial charge in [0.2, 0.25) is 0 Å². The number of alkyl halides is 3. The molecule has 5 nitrogen and oxygen atoms in total. The fraction of sp³-hybridized carbons (Fsp3) is 0.632. The molecule has 0 amide bonds. The Hall–Kier alpha value is -1.80. The first kappa shape index (κ1) is 21.5. The highest BCUT2D eigenvalue weighted by Gasteiger charge is 2.29. The van der Waals surface area contributed by atoms with Crippen molar-refractivity contribution < 1.29 is 17.9 Å². The molecule has 1 aliphatic heterocycles. The summed E-state index contributed by atoms with van der Waals surface area (Å²) in [5.41, 5.74) is 3.56. The first-order chi connectivity index (χ1) is 12.7. The largest absolute Gasteiger partial charge is 0.401 e. The molecule has 0 saturated carbocycles. The van der Waals surface area contributed by atoms with Crippen LogP contribution < -0.4 is 5.32 Å². The highest BCUT2D eigenvalue weighted by molar-refractivity contribution is 5.80. The molecule has 1 aliphatic rings. The first-order valence-corrected chi connectivity index (χ1v) is 9.09. The predicted molar refractivity (Wildman–Crippen MR) is 101 cm³/mol. The Kier molecular flexibility index (Phi) is 7.49. The van der Waals surface area contributed by atoms with Crippen LogP contribution >= 0.6 is 0 Å². The van der Waals surface area contributed by atoms with E-state index in [-0.39, 0.29) is 12.6 Å². The number of likely N-dealkylation sites (N-methyl/N-ethyl adjacent to an activating group) is 1. The molecule has 0 radical (unpaired) electrons. The van der Waals surface area contributed by atoms with Crippen LogP contribution in [-0.2, 0) is 4.74 Å². The maximum atomic E-state index is 12.4. The second kappa shape index (κ2) is 9.41. The highest BCUT2D eigenvalue weighted by Crippen LogP contribution is 2.25. The molecule has 152 valence electrons. The average Bonchev–Trinajstić information content (AvgIpc) is 2.57. The standard InChI is InChI=1S/C19H29F3N4O/c1-14-5-6-16(15(2)11-14)17-12-26(9-10-27-17)18(23-3)24-7-8-25(4)13-19(20,21)22/h5-6,11,17H,7-10,12-13H2,1-4H3,(H,23,24). The van der Waals surface area contributed by atoms with E-state index >= 15 is 0 Å². The minimum atomic E-state index is -4.18. The SMILES string of the molecule is CN=C(NCCN(C)CC(F)(F)F)N1CCOC(c2ccc(C)cc2C)C1. The van der Waals surface area contributed by atoms with Crippen LogP contribution in [-0.4, -0.2) is 75.4 Å². The summed E-state index contributed by atoms with van der Waals surface area (Å²) in [6, 6.07) is 6.32. The molecule has 2 rings (SSSR count). The van der Waals surface area contributed by atoms with Crippen molar-refractivity contribution in [1.82, 2.24) is 15.1 Å². The average molecular weight is 386 g/mol. The lowest BCUT2D eigenvalue weighted by molar-refractivity contribution is -0.142. The normalized spacial score (nSPS) is 18.9. The Morgan fingerprint density at radius 1 is 1.37 bits per heavy atom. The van der Waals surface area contributed by atoms with E-state index < -0.39 is 12.7 Å². The smallest absolute Gasteiger partial charge is 0.370 e. The molecule has 1 heterocycles. The third-order valence-electron chi connectivity index (χ3n) is 4.58. The molecule has 8 heteroatoms. The van der Waals surface area contributed by atoms with Gasteiger partial charge in [-0.1, -0.05) is 23.8 Å². The molecule has 1 aromatic carbocycles. The van der Waals surface area contributed by atoms with Crippen molar-refractivity contribution in [2.24, 2.45) is 4.99 Å². The number of morpholine rings is 1. The molecule has 1 saturated heterocycles. The summed E-state index contributed by atoms with van der Waals surface area (Å²) in [5.74, 6) is 0.688. The molecule has 1 N–H and O–H groups in total. The number of rotatable bonds is 5. The van der Waals surface area contributed by atoms with Crippen LogP contribution in [0.5, 0.6) is 0 Å². The van der Waals surface area contributed by atoms with Crippen molar-refractivity contribution in [1.29, 1.82) is 0 Å². The zero-order valence-electron chi connectivity index (χ0n) is 16.4. The van der Waals surface area contributed by atoms with Crippen molar-refractivity contribution in [2.45, 2.75) is 26.1 Å². The van der Waals surface area contributed by atoms with Crippen molar-refractivity contribution in [2.75, 3.05) is 53.4 Å². The Labute approximate surface area is 159 Å². The fourth-order valence-corrected chi connectivity index (χ4v) is 3.29. The van der Waals surface area contributed by atoms with Gasteiger partial charge in [0.25, 0.3) is 0 Å². The molecule has 0 aliphatic carbocycles. The van der Waals surface area contributed by atoms with Gasteiger partial charge in [-0.15, -0.1) is 0 Å². The number of ether oxygens (including phenoxy) is 1. The van der Waals surface area contributed by atoms with E-state index in [1.165, 1.54) is 23.1 Å².